The van der Waals surface area contributed by atoms with Gasteiger partial charge in [-0.1, -0.05) is 0 Å². The molecule has 2 rings (SSSR count). The Morgan fingerprint density at radius 2 is 2.53 bits per heavy atom. The number of halogens is 1. The Hall–Kier alpha value is -0.390. The van der Waals surface area contributed by atoms with Crippen molar-refractivity contribution in [2.45, 2.75) is 24.8 Å². The van der Waals surface area contributed by atoms with Crippen LogP contribution in [-0.4, -0.2) is 23.2 Å². The van der Waals surface area contributed by atoms with Crippen molar-refractivity contribution < 1.29 is 9.90 Å². The van der Waals surface area contributed by atoms with Crippen LogP contribution in [0.15, 0.2) is 15.9 Å². The van der Waals surface area contributed by atoms with E-state index in [1.807, 2.05) is 11.4 Å². The van der Waals surface area contributed by atoms with Crippen molar-refractivity contribution in [1.29, 1.82) is 0 Å². The minimum atomic E-state index is -0.732. The van der Waals surface area contributed by atoms with Gasteiger partial charge in [0.25, 0.3) is 0 Å². The first kappa shape index (κ1) is 11.1. The van der Waals surface area contributed by atoms with Crippen molar-refractivity contribution in [2.24, 2.45) is 0 Å². The van der Waals surface area contributed by atoms with Crippen LogP contribution < -0.4 is 5.32 Å². The lowest BCUT2D eigenvalue weighted by molar-refractivity contribution is -0.144. The Morgan fingerprint density at radius 1 is 1.73 bits per heavy atom. The van der Waals surface area contributed by atoms with Crippen molar-refractivity contribution in [3.05, 3.63) is 20.8 Å². The summed E-state index contributed by atoms with van der Waals surface area (Å²) in [7, 11) is 0. The molecule has 1 aromatic heterocycles. The molecule has 1 aromatic rings. The number of carbonyl (C=O) groups is 1. The largest absolute Gasteiger partial charge is 0.480 e. The van der Waals surface area contributed by atoms with Gasteiger partial charge in [-0.3, -0.25) is 4.79 Å². The molecule has 5 heteroatoms. The number of hydrogen-bond donors (Lipinski definition) is 2. The highest BCUT2D eigenvalue weighted by Gasteiger charge is 2.41. The van der Waals surface area contributed by atoms with Gasteiger partial charge in [0.05, 0.1) is 0 Å². The fraction of sp³-hybridized carbons (Fsp3) is 0.500. The predicted molar refractivity (Wildman–Crippen MR) is 63.3 cm³/mol. The second-order valence-corrected chi connectivity index (χ2v) is 5.74. The first-order valence-corrected chi connectivity index (χ1v) is 6.51. The van der Waals surface area contributed by atoms with Gasteiger partial charge in [0, 0.05) is 21.2 Å². The van der Waals surface area contributed by atoms with Gasteiger partial charge >= 0.3 is 5.97 Å². The fourth-order valence-electron chi connectivity index (χ4n) is 1.96. The number of thiophene rings is 1. The van der Waals surface area contributed by atoms with Gasteiger partial charge in [0.15, 0.2) is 0 Å². The Balaban J connectivity index is 2.17. The van der Waals surface area contributed by atoms with E-state index in [4.69, 9.17) is 0 Å². The van der Waals surface area contributed by atoms with Gasteiger partial charge in [-0.25, -0.2) is 0 Å². The highest BCUT2D eigenvalue weighted by atomic mass is 79.9. The van der Waals surface area contributed by atoms with Crippen LogP contribution in [0.4, 0.5) is 0 Å². The Kier molecular flexibility index (Phi) is 3.13. The molecule has 0 saturated carbocycles. The van der Waals surface area contributed by atoms with Gasteiger partial charge in [-0.15, -0.1) is 11.3 Å². The standard InChI is InChI=1S/C10H12BrNO2S/c11-7-4-8(15-6-7)5-10(9(13)14)2-1-3-12-10/h4,6,12H,1-3,5H2,(H,13,14). The van der Waals surface area contributed by atoms with Gasteiger partial charge in [-0.2, -0.15) is 0 Å². The molecule has 0 aromatic carbocycles. The summed E-state index contributed by atoms with van der Waals surface area (Å²) in [5.41, 5.74) is -0.732. The lowest BCUT2D eigenvalue weighted by Gasteiger charge is -2.23. The second kappa shape index (κ2) is 4.23. The smallest absolute Gasteiger partial charge is 0.324 e. The molecule has 0 radical (unpaired) electrons. The third-order valence-electron chi connectivity index (χ3n) is 2.75. The van der Waals surface area contributed by atoms with E-state index < -0.39 is 11.5 Å². The molecule has 3 nitrogen and oxygen atoms in total. The van der Waals surface area contributed by atoms with E-state index >= 15 is 0 Å². The van der Waals surface area contributed by atoms with E-state index in [1.54, 1.807) is 11.3 Å². The number of hydrogen-bond acceptors (Lipinski definition) is 3. The maximum absolute atomic E-state index is 11.3. The van der Waals surface area contributed by atoms with Crippen LogP contribution in [0.5, 0.6) is 0 Å². The molecular weight excluding hydrogens is 278 g/mol. The molecule has 2 N–H and O–H groups in total. The third-order valence-corrected chi connectivity index (χ3v) is 4.45. The van der Waals surface area contributed by atoms with Crippen molar-refractivity contribution in [1.82, 2.24) is 5.32 Å². The van der Waals surface area contributed by atoms with Crippen molar-refractivity contribution in [3.8, 4) is 0 Å². The minimum absolute atomic E-state index is 0.582. The predicted octanol–water partition coefficient (Wildman–Crippen LogP) is 2.26. The topological polar surface area (TPSA) is 49.3 Å². The summed E-state index contributed by atoms with van der Waals surface area (Å²) in [5.74, 6) is -0.732. The average molecular weight is 290 g/mol. The zero-order chi connectivity index (χ0) is 10.9. The lowest BCUT2D eigenvalue weighted by atomic mass is 9.93. The Labute approximate surface area is 101 Å². The zero-order valence-electron chi connectivity index (χ0n) is 8.12. The summed E-state index contributed by atoms with van der Waals surface area (Å²) in [6.45, 7) is 0.804. The SMILES string of the molecule is O=C(O)C1(Cc2cc(Br)cs2)CCCN1. The molecule has 1 aliphatic rings. The molecule has 1 unspecified atom stereocenters. The average Bonchev–Trinajstić information content (AvgIpc) is 2.77. The van der Waals surface area contributed by atoms with E-state index in [0.717, 1.165) is 28.7 Å². The van der Waals surface area contributed by atoms with E-state index in [9.17, 15) is 9.90 Å². The normalized spacial score (nSPS) is 25.7. The van der Waals surface area contributed by atoms with Crippen LogP contribution in [0.2, 0.25) is 0 Å². The molecular formula is C10H12BrNO2S. The minimum Gasteiger partial charge on any atom is -0.480 e. The highest BCUT2D eigenvalue weighted by molar-refractivity contribution is 9.10. The number of aliphatic carboxylic acids is 1. The summed E-state index contributed by atoms with van der Waals surface area (Å²) in [6, 6.07) is 2.00. The number of nitrogens with one attached hydrogen (secondary N) is 1. The van der Waals surface area contributed by atoms with Gasteiger partial charge in [0.1, 0.15) is 5.54 Å². The molecule has 0 bridgehead atoms. The molecule has 15 heavy (non-hydrogen) atoms. The molecule has 1 fully saturated rings. The van der Waals surface area contributed by atoms with E-state index in [1.165, 1.54) is 0 Å². The lowest BCUT2D eigenvalue weighted by Crippen LogP contribution is -2.49. The quantitative estimate of drug-likeness (QED) is 0.897. The van der Waals surface area contributed by atoms with Crippen LogP contribution in [0.25, 0.3) is 0 Å². The molecule has 1 atom stereocenters. The summed E-state index contributed by atoms with van der Waals surface area (Å²) >= 11 is 4.98. The van der Waals surface area contributed by atoms with E-state index in [-0.39, 0.29) is 0 Å². The van der Waals surface area contributed by atoms with Gasteiger partial charge < -0.3 is 10.4 Å². The summed E-state index contributed by atoms with van der Waals surface area (Å²) in [6.07, 6.45) is 2.25. The van der Waals surface area contributed by atoms with Crippen molar-refractivity contribution in [2.75, 3.05) is 6.54 Å². The fourth-order valence-corrected chi connectivity index (χ4v) is 3.52. The monoisotopic (exact) mass is 289 g/mol. The summed E-state index contributed by atoms with van der Waals surface area (Å²) in [5, 5.41) is 14.4. The zero-order valence-corrected chi connectivity index (χ0v) is 10.5. The highest BCUT2D eigenvalue weighted by Crippen LogP contribution is 2.29. The Bertz CT molecular complexity index is 371. The van der Waals surface area contributed by atoms with Crippen LogP contribution >= 0.6 is 27.3 Å². The summed E-state index contributed by atoms with van der Waals surface area (Å²) < 4.78 is 1.03. The summed E-state index contributed by atoms with van der Waals surface area (Å²) in [4.78, 5) is 12.4. The van der Waals surface area contributed by atoms with Crippen LogP contribution in [-0.2, 0) is 11.2 Å². The van der Waals surface area contributed by atoms with Gasteiger partial charge in [0.2, 0.25) is 0 Å². The van der Waals surface area contributed by atoms with E-state index in [2.05, 4.69) is 21.2 Å². The Morgan fingerprint density at radius 3 is 3.00 bits per heavy atom. The number of carboxylic acids is 1. The number of rotatable bonds is 3. The second-order valence-electron chi connectivity index (χ2n) is 3.83. The molecule has 2 heterocycles. The molecule has 82 valence electrons. The molecule has 1 saturated heterocycles. The molecule has 0 aliphatic carbocycles. The van der Waals surface area contributed by atoms with Crippen molar-refractivity contribution in [3.63, 3.8) is 0 Å². The van der Waals surface area contributed by atoms with Crippen LogP contribution in [0.1, 0.15) is 17.7 Å². The maximum atomic E-state index is 11.3. The third kappa shape index (κ3) is 2.24. The first-order valence-electron chi connectivity index (χ1n) is 4.84. The molecule has 1 aliphatic heterocycles. The maximum Gasteiger partial charge on any atom is 0.324 e. The molecule has 0 spiro atoms. The van der Waals surface area contributed by atoms with Gasteiger partial charge in [-0.05, 0) is 41.4 Å². The van der Waals surface area contributed by atoms with Crippen LogP contribution in [0.3, 0.4) is 0 Å². The van der Waals surface area contributed by atoms with E-state index in [0.29, 0.717) is 6.42 Å². The van der Waals surface area contributed by atoms with Crippen LogP contribution in [0, 0.1) is 0 Å². The molecule has 0 amide bonds. The number of carboxylic acid groups (broad SMARTS) is 1. The van der Waals surface area contributed by atoms with Crippen molar-refractivity contribution >= 4 is 33.2 Å². The first-order chi connectivity index (χ1) is 7.12.